The summed E-state index contributed by atoms with van der Waals surface area (Å²) in [5.41, 5.74) is 1.12. The van der Waals surface area contributed by atoms with Crippen LogP contribution in [0.15, 0.2) is 12.3 Å². The van der Waals surface area contributed by atoms with Crippen molar-refractivity contribution in [2.24, 2.45) is 0 Å². The third-order valence-corrected chi connectivity index (χ3v) is 4.84. The van der Waals surface area contributed by atoms with Gasteiger partial charge in [-0.2, -0.15) is 10.4 Å². The van der Waals surface area contributed by atoms with Gasteiger partial charge in [0.15, 0.2) is 0 Å². The highest BCUT2D eigenvalue weighted by Gasteiger charge is 2.23. The monoisotopic (exact) mass is 272 g/mol. The molecule has 0 amide bonds. The fourth-order valence-corrected chi connectivity index (χ4v) is 3.72. The molecule has 1 heterocycles. The molecule has 0 aromatic carbocycles. The molecule has 0 spiro atoms. The Morgan fingerprint density at radius 3 is 2.60 bits per heavy atom. The summed E-state index contributed by atoms with van der Waals surface area (Å²) < 4.78 is 2.15. The number of hydrogen-bond acceptors (Lipinski definition) is 3. The molecule has 0 radical (unpaired) electrons. The van der Waals surface area contributed by atoms with E-state index in [4.69, 9.17) is 10.4 Å². The van der Waals surface area contributed by atoms with Crippen molar-refractivity contribution < 1.29 is 0 Å². The summed E-state index contributed by atoms with van der Waals surface area (Å²) in [5.74, 6) is 0. The van der Waals surface area contributed by atoms with Gasteiger partial charge in [-0.25, -0.2) is 0 Å². The van der Waals surface area contributed by atoms with Crippen molar-refractivity contribution in [2.75, 3.05) is 6.54 Å². The summed E-state index contributed by atoms with van der Waals surface area (Å²) in [4.78, 5) is 2.31. The molecule has 2 saturated carbocycles. The highest BCUT2D eigenvalue weighted by atomic mass is 15.3. The van der Waals surface area contributed by atoms with E-state index in [1.807, 2.05) is 0 Å². The zero-order valence-electron chi connectivity index (χ0n) is 12.2. The molecule has 108 valence electrons. The van der Waals surface area contributed by atoms with Crippen LogP contribution in [0.5, 0.6) is 0 Å². The average molecular weight is 272 g/mol. The van der Waals surface area contributed by atoms with E-state index in [-0.39, 0.29) is 0 Å². The summed E-state index contributed by atoms with van der Waals surface area (Å²) >= 11 is 0. The molecule has 0 unspecified atom stereocenters. The number of hydrogen-bond donors (Lipinski definition) is 0. The minimum absolute atomic E-state index is 0.529. The van der Waals surface area contributed by atoms with Gasteiger partial charge in [0, 0.05) is 18.8 Å². The molecule has 0 atom stereocenters. The van der Waals surface area contributed by atoms with Gasteiger partial charge in [0.05, 0.1) is 24.3 Å². The van der Waals surface area contributed by atoms with Gasteiger partial charge in [-0.3, -0.25) is 9.58 Å². The van der Waals surface area contributed by atoms with E-state index in [0.717, 1.165) is 12.2 Å². The first kappa shape index (κ1) is 13.6. The van der Waals surface area contributed by atoms with Gasteiger partial charge in [-0.1, -0.05) is 25.7 Å². The van der Waals surface area contributed by atoms with Crippen LogP contribution in [0.2, 0.25) is 0 Å². The highest BCUT2D eigenvalue weighted by molar-refractivity contribution is 5.02. The van der Waals surface area contributed by atoms with Crippen LogP contribution in [0.1, 0.15) is 63.1 Å². The summed E-state index contributed by atoms with van der Waals surface area (Å²) in [6.07, 6.45) is 12.4. The van der Waals surface area contributed by atoms with Gasteiger partial charge in [0.1, 0.15) is 0 Å². The molecule has 0 saturated heterocycles. The summed E-state index contributed by atoms with van der Waals surface area (Å²) in [6, 6.07) is 5.65. The van der Waals surface area contributed by atoms with Crippen LogP contribution in [0.3, 0.4) is 0 Å². The highest BCUT2D eigenvalue weighted by Crippen LogP contribution is 2.29. The Labute approximate surface area is 121 Å². The van der Waals surface area contributed by atoms with Crippen molar-refractivity contribution in [3.05, 3.63) is 18.0 Å². The molecule has 20 heavy (non-hydrogen) atoms. The van der Waals surface area contributed by atoms with Crippen molar-refractivity contribution in [3.63, 3.8) is 0 Å². The first-order valence-corrected chi connectivity index (χ1v) is 8.02. The Kier molecular flexibility index (Phi) is 4.37. The molecule has 4 nitrogen and oxygen atoms in total. The maximum atomic E-state index is 9.04. The molecule has 2 aliphatic carbocycles. The van der Waals surface area contributed by atoms with Gasteiger partial charge in [-0.15, -0.1) is 0 Å². The van der Waals surface area contributed by atoms with Crippen LogP contribution < -0.4 is 0 Å². The maximum Gasteiger partial charge on any atom is 0.0871 e. The summed E-state index contributed by atoms with van der Waals surface area (Å²) in [5, 5.41) is 13.8. The van der Waals surface area contributed by atoms with Gasteiger partial charge < -0.3 is 0 Å². The molecule has 1 aromatic rings. The Balaban J connectivity index is 1.64. The van der Waals surface area contributed by atoms with E-state index in [1.165, 1.54) is 51.4 Å². The maximum absolute atomic E-state index is 9.04. The van der Waals surface area contributed by atoms with E-state index in [9.17, 15) is 0 Å². The molecule has 2 fully saturated rings. The van der Waals surface area contributed by atoms with Crippen LogP contribution in [0, 0.1) is 11.3 Å². The minimum atomic E-state index is 0.529. The summed E-state index contributed by atoms with van der Waals surface area (Å²) in [7, 11) is 0. The normalized spacial score (nSPS) is 20.8. The lowest BCUT2D eigenvalue weighted by Crippen LogP contribution is -2.33. The van der Waals surface area contributed by atoms with Crippen LogP contribution >= 0.6 is 0 Å². The topological polar surface area (TPSA) is 44.9 Å². The molecule has 2 aliphatic rings. The standard InChI is InChI=1S/C16H24N4/c17-10-12-19(15-5-1-2-6-15)13-14-9-11-20(18-14)16-7-3-4-8-16/h9,11,15-16H,1-8,12-13H2. The number of nitriles is 1. The molecular formula is C16H24N4. The third kappa shape index (κ3) is 3.04. The lowest BCUT2D eigenvalue weighted by atomic mass is 10.2. The van der Waals surface area contributed by atoms with E-state index < -0.39 is 0 Å². The molecule has 0 N–H and O–H groups in total. The van der Waals surface area contributed by atoms with Crippen molar-refractivity contribution in [3.8, 4) is 6.07 Å². The quantitative estimate of drug-likeness (QED) is 0.773. The van der Waals surface area contributed by atoms with Gasteiger partial charge in [0.25, 0.3) is 0 Å². The molecule has 3 rings (SSSR count). The smallest absolute Gasteiger partial charge is 0.0871 e. The Hall–Kier alpha value is -1.34. The van der Waals surface area contributed by atoms with Crippen LogP contribution in [0.25, 0.3) is 0 Å². The Bertz CT molecular complexity index is 461. The van der Waals surface area contributed by atoms with Crippen LogP contribution in [-0.2, 0) is 6.54 Å². The van der Waals surface area contributed by atoms with Crippen molar-refractivity contribution in [1.29, 1.82) is 5.26 Å². The lowest BCUT2D eigenvalue weighted by Gasteiger charge is -2.25. The second-order valence-electron chi connectivity index (χ2n) is 6.23. The first-order chi connectivity index (χ1) is 9.86. The Morgan fingerprint density at radius 2 is 1.90 bits per heavy atom. The third-order valence-electron chi connectivity index (χ3n) is 4.84. The number of aromatic nitrogens is 2. The predicted octanol–water partition coefficient (Wildman–Crippen LogP) is 3.27. The van der Waals surface area contributed by atoms with Gasteiger partial charge >= 0.3 is 0 Å². The zero-order valence-corrected chi connectivity index (χ0v) is 12.2. The number of rotatable bonds is 5. The SMILES string of the molecule is N#CCN(Cc1ccn(C2CCCC2)n1)C1CCCC1. The van der Waals surface area contributed by atoms with Gasteiger partial charge in [0.2, 0.25) is 0 Å². The molecule has 4 heteroatoms. The fourth-order valence-electron chi connectivity index (χ4n) is 3.72. The first-order valence-electron chi connectivity index (χ1n) is 8.02. The largest absolute Gasteiger partial charge is 0.282 e. The molecule has 1 aromatic heterocycles. The number of nitrogens with zero attached hydrogens (tertiary/aromatic N) is 4. The van der Waals surface area contributed by atoms with E-state index in [0.29, 0.717) is 18.6 Å². The zero-order chi connectivity index (χ0) is 13.8. The molecular weight excluding hydrogens is 248 g/mol. The molecule has 0 bridgehead atoms. The second kappa shape index (κ2) is 6.41. The van der Waals surface area contributed by atoms with Crippen molar-refractivity contribution >= 4 is 0 Å². The van der Waals surface area contributed by atoms with E-state index in [1.54, 1.807) is 0 Å². The lowest BCUT2D eigenvalue weighted by molar-refractivity contribution is 0.210. The Morgan fingerprint density at radius 1 is 1.20 bits per heavy atom. The van der Waals surface area contributed by atoms with Crippen molar-refractivity contribution in [1.82, 2.24) is 14.7 Å². The van der Waals surface area contributed by atoms with E-state index >= 15 is 0 Å². The summed E-state index contributed by atoms with van der Waals surface area (Å²) in [6.45, 7) is 1.36. The van der Waals surface area contributed by atoms with Gasteiger partial charge in [-0.05, 0) is 31.7 Å². The van der Waals surface area contributed by atoms with Crippen molar-refractivity contribution in [2.45, 2.75) is 70.0 Å². The average Bonchev–Trinajstić information content (AvgIpc) is 3.20. The van der Waals surface area contributed by atoms with Crippen LogP contribution in [-0.4, -0.2) is 27.3 Å². The molecule has 0 aliphatic heterocycles. The van der Waals surface area contributed by atoms with E-state index in [2.05, 4.69) is 27.9 Å². The second-order valence-corrected chi connectivity index (χ2v) is 6.23. The predicted molar refractivity (Wildman–Crippen MR) is 78.0 cm³/mol. The fraction of sp³-hybridized carbons (Fsp3) is 0.750. The minimum Gasteiger partial charge on any atom is -0.282 e. The van der Waals surface area contributed by atoms with Crippen LogP contribution in [0.4, 0.5) is 0 Å².